The van der Waals surface area contributed by atoms with E-state index in [0.717, 1.165) is 44.0 Å². The molecule has 116 valence electrons. The molecular formula is C17H21N3O2. The smallest absolute Gasteiger partial charge is 0.239 e. The van der Waals surface area contributed by atoms with Crippen molar-refractivity contribution >= 4 is 5.91 Å². The van der Waals surface area contributed by atoms with E-state index in [1.165, 1.54) is 0 Å². The fourth-order valence-electron chi connectivity index (χ4n) is 2.99. The fourth-order valence-corrected chi connectivity index (χ4v) is 2.99. The molecule has 22 heavy (non-hydrogen) atoms. The number of benzene rings is 1. The molecule has 1 amide bonds. The third kappa shape index (κ3) is 3.37. The average Bonchev–Trinajstić information content (AvgIpc) is 3.03. The Morgan fingerprint density at radius 3 is 2.41 bits per heavy atom. The number of primary amides is 1. The summed E-state index contributed by atoms with van der Waals surface area (Å²) < 4.78 is 5.39. The van der Waals surface area contributed by atoms with Crippen LogP contribution in [0.3, 0.4) is 0 Å². The van der Waals surface area contributed by atoms with E-state index in [1.54, 1.807) is 6.26 Å². The van der Waals surface area contributed by atoms with E-state index < -0.39 is 0 Å². The first kappa shape index (κ1) is 14.8. The SMILES string of the molecule is NC(=O)[C@H](c1ccccc1)N1CCN(Cc2ccco2)CC1. The van der Waals surface area contributed by atoms with Crippen molar-refractivity contribution < 1.29 is 9.21 Å². The van der Waals surface area contributed by atoms with E-state index in [0.29, 0.717) is 0 Å². The molecular weight excluding hydrogens is 278 g/mol. The van der Waals surface area contributed by atoms with Crippen LogP contribution in [-0.4, -0.2) is 41.9 Å². The summed E-state index contributed by atoms with van der Waals surface area (Å²) in [4.78, 5) is 16.4. The predicted molar refractivity (Wildman–Crippen MR) is 83.9 cm³/mol. The summed E-state index contributed by atoms with van der Waals surface area (Å²) in [5, 5.41) is 0. The van der Waals surface area contributed by atoms with Crippen LogP contribution in [0.5, 0.6) is 0 Å². The Bertz CT molecular complexity index is 590. The van der Waals surface area contributed by atoms with Crippen LogP contribution in [0.4, 0.5) is 0 Å². The number of carbonyl (C=O) groups is 1. The second kappa shape index (κ2) is 6.77. The average molecular weight is 299 g/mol. The van der Waals surface area contributed by atoms with Crippen LogP contribution >= 0.6 is 0 Å². The first-order chi connectivity index (χ1) is 10.7. The molecule has 2 aromatic rings. The van der Waals surface area contributed by atoms with Gasteiger partial charge in [-0.05, 0) is 17.7 Å². The van der Waals surface area contributed by atoms with Crippen LogP contribution < -0.4 is 5.73 Å². The van der Waals surface area contributed by atoms with Crippen molar-refractivity contribution in [3.05, 3.63) is 60.1 Å². The second-order valence-corrected chi connectivity index (χ2v) is 5.61. The highest BCUT2D eigenvalue weighted by atomic mass is 16.3. The lowest BCUT2D eigenvalue weighted by molar-refractivity contribution is -0.124. The molecule has 2 N–H and O–H groups in total. The van der Waals surface area contributed by atoms with Gasteiger partial charge in [0.1, 0.15) is 11.8 Å². The van der Waals surface area contributed by atoms with E-state index in [2.05, 4.69) is 9.80 Å². The molecule has 0 radical (unpaired) electrons. The number of carbonyl (C=O) groups excluding carboxylic acids is 1. The first-order valence-electron chi connectivity index (χ1n) is 7.57. The van der Waals surface area contributed by atoms with Gasteiger partial charge in [-0.2, -0.15) is 0 Å². The maximum absolute atomic E-state index is 11.9. The van der Waals surface area contributed by atoms with Gasteiger partial charge in [0.05, 0.1) is 12.8 Å². The zero-order valence-electron chi connectivity index (χ0n) is 12.5. The topological polar surface area (TPSA) is 62.7 Å². The quantitative estimate of drug-likeness (QED) is 0.911. The van der Waals surface area contributed by atoms with Gasteiger partial charge in [-0.15, -0.1) is 0 Å². The largest absolute Gasteiger partial charge is 0.468 e. The lowest BCUT2D eigenvalue weighted by atomic mass is 10.0. The summed E-state index contributed by atoms with van der Waals surface area (Å²) in [7, 11) is 0. The molecule has 3 rings (SSSR count). The van der Waals surface area contributed by atoms with Gasteiger partial charge >= 0.3 is 0 Å². The summed E-state index contributed by atoms with van der Waals surface area (Å²) in [6.45, 7) is 4.26. The maximum atomic E-state index is 11.9. The minimum atomic E-state index is -0.341. The van der Waals surface area contributed by atoms with E-state index in [4.69, 9.17) is 10.2 Å². The molecule has 1 atom stereocenters. The minimum absolute atomic E-state index is 0.286. The number of amides is 1. The summed E-state index contributed by atoms with van der Waals surface area (Å²) in [6.07, 6.45) is 1.70. The Hall–Kier alpha value is -2.11. The van der Waals surface area contributed by atoms with Crippen LogP contribution in [0, 0.1) is 0 Å². The lowest BCUT2D eigenvalue weighted by Crippen LogP contribution is -2.49. The molecule has 1 aliphatic heterocycles. The summed E-state index contributed by atoms with van der Waals surface area (Å²) in [6, 6.07) is 13.3. The predicted octanol–water partition coefficient (Wildman–Crippen LogP) is 1.62. The van der Waals surface area contributed by atoms with Gasteiger partial charge in [0.15, 0.2) is 0 Å². The summed E-state index contributed by atoms with van der Waals surface area (Å²) >= 11 is 0. The minimum Gasteiger partial charge on any atom is -0.468 e. The lowest BCUT2D eigenvalue weighted by Gasteiger charge is -2.37. The molecule has 0 saturated carbocycles. The highest BCUT2D eigenvalue weighted by molar-refractivity contribution is 5.81. The number of piperazine rings is 1. The van der Waals surface area contributed by atoms with Crippen LogP contribution in [-0.2, 0) is 11.3 Å². The van der Waals surface area contributed by atoms with Gasteiger partial charge in [0.2, 0.25) is 5.91 Å². The van der Waals surface area contributed by atoms with E-state index >= 15 is 0 Å². The Morgan fingerprint density at radius 1 is 1.09 bits per heavy atom. The highest BCUT2D eigenvalue weighted by Gasteiger charge is 2.28. The zero-order chi connectivity index (χ0) is 15.4. The van der Waals surface area contributed by atoms with E-state index in [1.807, 2.05) is 42.5 Å². The van der Waals surface area contributed by atoms with E-state index in [9.17, 15) is 4.79 Å². The molecule has 0 aliphatic carbocycles. The van der Waals surface area contributed by atoms with Crippen LogP contribution in [0.2, 0.25) is 0 Å². The number of hydrogen-bond donors (Lipinski definition) is 1. The zero-order valence-corrected chi connectivity index (χ0v) is 12.5. The van der Waals surface area contributed by atoms with Gasteiger partial charge in [-0.3, -0.25) is 14.6 Å². The molecule has 2 heterocycles. The summed E-state index contributed by atoms with van der Waals surface area (Å²) in [5.74, 6) is 0.689. The Labute approximate surface area is 130 Å². The van der Waals surface area contributed by atoms with Gasteiger partial charge in [-0.25, -0.2) is 0 Å². The third-order valence-corrected chi connectivity index (χ3v) is 4.12. The second-order valence-electron chi connectivity index (χ2n) is 5.61. The fraction of sp³-hybridized carbons (Fsp3) is 0.353. The third-order valence-electron chi connectivity index (χ3n) is 4.12. The van der Waals surface area contributed by atoms with Crippen LogP contribution in [0.15, 0.2) is 53.1 Å². The monoisotopic (exact) mass is 299 g/mol. The molecule has 5 heteroatoms. The molecule has 0 bridgehead atoms. The molecule has 1 aromatic heterocycles. The number of nitrogens with two attached hydrogens (primary N) is 1. The highest BCUT2D eigenvalue weighted by Crippen LogP contribution is 2.22. The molecule has 1 fully saturated rings. The van der Waals surface area contributed by atoms with Crippen LogP contribution in [0.1, 0.15) is 17.4 Å². The molecule has 1 saturated heterocycles. The van der Waals surface area contributed by atoms with Crippen LogP contribution in [0.25, 0.3) is 0 Å². The van der Waals surface area contributed by atoms with Crippen molar-refractivity contribution in [1.29, 1.82) is 0 Å². The van der Waals surface area contributed by atoms with Crippen molar-refractivity contribution in [3.63, 3.8) is 0 Å². The van der Waals surface area contributed by atoms with Gasteiger partial charge in [-0.1, -0.05) is 30.3 Å². The van der Waals surface area contributed by atoms with Crippen molar-refractivity contribution in [3.8, 4) is 0 Å². The standard InChI is InChI=1S/C17H21N3O2/c18-17(21)16(14-5-2-1-3-6-14)20-10-8-19(9-11-20)13-15-7-4-12-22-15/h1-7,12,16H,8-11,13H2,(H2,18,21)/t16-/m0/s1. The summed E-state index contributed by atoms with van der Waals surface area (Å²) in [5.41, 5.74) is 6.60. The number of furan rings is 1. The molecule has 1 aromatic carbocycles. The molecule has 0 spiro atoms. The number of hydrogen-bond acceptors (Lipinski definition) is 4. The van der Waals surface area contributed by atoms with Gasteiger partial charge < -0.3 is 10.2 Å². The molecule has 5 nitrogen and oxygen atoms in total. The van der Waals surface area contributed by atoms with Gasteiger partial charge in [0.25, 0.3) is 0 Å². The Kier molecular flexibility index (Phi) is 4.56. The van der Waals surface area contributed by atoms with Crippen molar-refractivity contribution in [2.45, 2.75) is 12.6 Å². The van der Waals surface area contributed by atoms with E-state index in [-0.39, 0.29) is 11.9 Å². The maximum Gasteiger partial charge on any atom is 0.239 e. The van der Waals surface area contributed by atoms with Crippen molar-refractivity contribution in [1.82, 2.24) is 9.80 Å². The Balaban J connectivity index is 1.62. The molecule has 0 unspecified atom stereocenters. The van der Waals surface area contributed by atoms with Crippen molar-refractivity contribution in [2.75, 3.05) is 26.2 Å². The molecule has 1 aliphatic rings. The van der Waals surface area contributed by atoms with Crippen molar-refractivity contribution in [2.24, 2.45) is 5.73 Å². The number of rotatable bonds is 5. The normalized spacial score (nSPS) is 18.2. The first-order valence-corrected chi connectivity index (χ1v) is 7.57. The van der Waals surface area contributed by atoms with Gasteiger partial charge in [0, 0.05) is 26.2 Å². The Morgan fingerprint density at radius 2 is 1.82 bits per heavy atom. The number of nitrogens with zero attached hydrogens (tertiary/aromatic N) is 2.